The highest BCUT2D eigenvalue weighted by atomic mass is 16.5. The molecule has 0 atom stereocenters. The minimum atomic E-state index is -0.0535. The van der Waals surface area contributed by atoms with Crippen molar-refractivity contribution in [2.24, 2.45) is 0 Å². The normalized spacial score (nSPS) is 14.3. The maximum atomic E-state index is 11.2. The standard InChI is InChI=1S/C12H13N3O2/c13-9-10-3-1-2-4-11(10)17-8-7-15-6-5-14-12(15)16/h1-4H,5-8H2,(H,14,16). The number of nitrogens with zero attached hydrogens (tertiary/aromatic N) is 2. The molecule has 17 heavy (non-hydrogen) atoms. The first-order valence-electron chi connectivity index (χ1n) is 5.46. The summed E-state index contributed by atoms with van der Waals surface area (Å²) < 4.78 is 5.49. The number of urea groups is 1. The Bertz CT molecular complexity index is 453. The van der Waals surface area contributed by atoms with E-state index in [4.69, 9.17) is 10.00 Å². The summed E-state index contributed by atoms with van der Waals surface area (Å²) in [5.41, 5.74) is 0.512. The van der Waals surface area contributed by atoms with Crippen LogP contribution in [0.3, 0.4) is 0 Å². The van der Waals surface area contributed by atoms with Gasteiger partial charge in [-0.1, -0.05) is 12.1 Å². The predicted octanol–water partition coefficient (Wildman–Crippen LogP) is 0.962. The van der Waals surface area contributed by atoms with Crippen LogP contribution in [0.4, 0.5) is 4.79 Å². The number of nitrogens with one attached hydrogen (secondary N) is 1. The van der Waals surface area contributed by atoms with Crippen molar-refractivity contribution in [1.29, 1.82) is 5.26 Å². The first kappa shape index (κ1) is 11.3. The first-order chi connectivity index (χ1) is 8.31. The van der Waals surface area contributed by atoms with Crippen molar-refractivity contribution in [3.63, 3.8) is 0 Å². The van der Waals surface area contributed by atoms with Crippen molar-refractivity contribution in [1.82, 2.24) is 10.2 Å². The van der Waals surface area contributed by atoms with Crippen LogP contribution in [0, 0.1) is 11.3 Å². The number of ether oxygens (including phenoxy) is 1. The van der Waals surface area contributed by atoms with Gasteiger partial charge in [0.05, 0.1) is 12.1 Å². The summed E-state index contributed by atoms with van der Waals surface area (Å²) >= 11 is 0. The number of carbonyl (C=O) groups excluding carboxylic acids is 1. The van der Waals surface area contributed by atoms with Gasteiger partial charge in [-0.05, 0) is 12.1 Å². The number of carbonyl (C=O) groups is 1. The van der Waals surface area contributed by atoms with Gasteiger partial charge in [-0.3, -0.25) is 0 Å². The van der Waals surface area contributed by atoms with Crippen LogP contribution in [0.25, 0.3) is 0 Å². The molecule has 0 radical (unpaired) electrons. The van der Waals surface area contributed by atoms with Gasteiger partial charge in [-0.25, -0.2) is 4.79 Å². The third-order valence-electron chi connectivity index (χ3n) is 2.57. The largest absolute Gasteiger partial charge is 0.490 e. The lowest BCUT2D eigenvalue weighted by Crippen LogP contribution is -2.31. The molecule has 2 rings (SSSR count). The lowest BCUT2D eigenvalue weighted by molar-refractivity contribution is 0.202. The van der Waals surface area contributed by atoms with E-state index in [0.29, 0.717) is 37.6 Å². The number of para-hydroxylation sites is 1. The molecule has 0 spiro atoms. The maximum Gasteiger partial charge on any atom is 0.317 e. The molecule has 5 nitrogen and oxygen atoms in total. The number of rotatable bonds is 4. The van der Waals surface area contributed by atoms with Crippen molar-refractivity contribution < 1.29 is 9.53 Å². The number of hydrogen-bond donors (Lipinski definition) is 1. The predicted molar refractivity (Wildman–Crippen MR) is 61.6 cm³/mol. The Morgan fingerprint density at radius 2 is 2.29 bits per heavy atom. The molecule has 0 aromatic heterocycles. The Morgan fingerprint density at radius 1 is 1.47 bits per heavy atom. The lowest BCUT2D eigenvalue weighted by atomic mass is 10.2. The SMILES string of the molecule is N#Cc1ccccc1OCCN1CCNC1=O. The highest BCUT2D eigenvalue weighted by molar-refractivity contribution is 5.76. The average molecular weight is 231 g/mol. The van der Waals surface area contributed by atoms with Gasteiger partial charge in [-0.15, -0.1) is 0 Å². The van der Waals surface area contributed by atoms with E-state index < -0.39 is 0 Å². The molecule has 1 saturated heterocycles. The van der Waals surface area contributed by atoms with E-state index in [0.717, 1.165) is 0 Å². The van der Waals surface area contributed by atoms with Crippen molar-refractivity contribution in [2.45, 2.75) is 0 Å². The summed E-state index contributed by atoms with van der Waals surface area (Å²) in [5, 5.41) is 11.6. The minimum absolute atomic E-state index is 0.0535. The minimum Gasteiger partial charge on any atom is -0.490 e. The van der Waals surface area contributed by atoms with Gasteiger partial charge < -0.3 is 15.0 Å². The second kappa shape index (κ2) is 5.21. The molecule has 1 N–H and O–H groups in total. The molecule has 1 aliphatic heterocycles. The number of hydrogen-bond acceptors (Lipinski definition) is 3. The Labute approximate surface area is 99.6 Å². The Hall–Kier alpha value is -2.22. The van der Waals surface area contributed by atoms with Crippen LogP contribution >= 0.6 is 0 Å². The van der Waals surface area contributed by atoms with Crippen LogP contribution < -0.4 is 10.1 Å². The molecular weight excluding hydrogens is 218 g/mol. The summed E-state index contributed by atoms with van der Waals surface area (Å²) in [5.74, 6) is 0.564. The van der Waals surface area contributed by atoms with Gasteiger partial charge in [0, 0.05) is 13.1 Å². The zero-order valence-corrected chi connectivity index (χ0v) is 9.35. The van der Waals surface area contributed by atoms with Crippen LogP contribution in [0.5, 0.6) is 5.75 Å². The van der Waals surface area contributed by atoms with Crippen LogP contribution in [0.15, 0.2) is 24.3 Å². The fourth-order valence-electron chi connectivity index (χ4n) is 1.68. The molecule has 88 valence electrons. The number of nitriles is 1. The fraction of sp³-hybridized carbons (Fsp3) is 0.333. The lowest BCUT2D eigenvalue weighted by Gasteiger charge is -2.14. The molecule has 1 heterocycles. The molecule has 1 aliphatic rings. The van der Waals surface area contributed by atoms with E-state index in [1.165, 1.54) is 0 Å². The van der Waals surface area contributed by atoms with Gasteiger partial charge in [0.15, 0.2) is 0 Å². The number of amides is 2. The number of benzene rings is 1. The van der Waals surface area contributed by atoms with E-state index in [1.54, 1.807) is 23.1 Å². The summed E-state index contributed by atoms with van der Waals surface area (Å²) in [6.07, 6.45) is 0. The maximum absolute atomic E-state index is 11.2. The van der Waals surface area contributed by atoms with Crippen molar-refractivity contribution in [3.05, 3.63) is 29.8 Å². The van der Waals surface area contributed by atoms with Gasteiger partial charge in [0.2, 0.25) is 0 Å². The molecule has 0 unspecified atom stereocenters. The molecular formula is C12H13N3O2. The quantitative estimate of drug-likeness (QED) is 0.839. The second-order valence-corrected chi connectivity index (χ2v) is 3.68. The Kier molecular flexibility index (Phi) is 3.46. The highest BCUT2D eigenvalue weighted by Gasteiger charge is 2.18. The highest BCUT2D eigenvalue weighted by Crippen LogP contribution is 2.16. The van der Waals surface area contributed by atoms with E-state index in [9.17, 15) is 4.79 Å². The topological polar surface area (TPSA) is 65.4 Å². The molecule has 0 aliphatic carbocycles. The summed E-state index contributed by atoms with van der Waals surface area (Å²) in [6.45, 7) is 2.33. The van der Waals surface area contributed by atoms with E-state index in [2.05, 4.69) is 11.4 Å². The average Bonchev–Trinajstić information content (AvgIpc) is 2.76. The monoisotopic (exact) mass is 231 g/mol. The first-order valence-corrected chi connectivity index (χ1v) is 5.46. The third-order valence-corrected chi connectivity index (χ3v) is 2.57. The smallest absolute Gasteiger partial charge is 0.317 e. The van der Waals surface area contributed by atoms with E-state index in [-0.39, 0.29) is 6.03 Å². The van der Waals surface area contributed by atoms with Gasteiger partial charge >= 0.3 is 6.03 Å². The molecule has 1 aromatic rings. The van der Waals surface area contributed by atoms with Crippen LogP contribution in [-0.2, 0) is 0 Å². The molecule has 2 amide bonds. The molecule has 1 fully saturated rings. The van der Waals surface area contributed by atoms with E-state index in [1.807, 2.05) is 6.07 Å². The summed E-state index contributed by atoms with van der Waals surface area (Å²) in [7, 11) is 0. The van der Waals surface area contributed by atoms with E-state index >= 15 is 0 Å². The van der Waals surface area contributed by atoms with Crippen molar-refractivity contribution in [3.8, 4) is 11.8 Å². The third kappa shape index (κ3) is 2.67. The van der Waals surface area contributed by atoms with Gasteiger partial charge in [0.25, 0.3) is 0 Å². The second-order valence-electron chi connectivity index (χ2n) is 3.68. The van der Waals surface area contributed by atoms with Crippen molar-refractivity contribution >= 4 is 6.03 Å². The Morgan fingerprint density at radius 3 is 3.00 bits per heavy atom. The zero-order chi connectivity index (χ0) is 12.1. The van der Waals surface area contributed by atoms with Crippen LogP contribution in [-0.4, -0.2) is 37.2 Å². The van der Waals surface area contributed by atoms with Crippen LogP contribution in [0.2, 0.25) is 0 Å². The van der Waals surface area contributed by atoms with Gasteiger partial charge in [0.1, 0.15) is 18.4 Å². The van der Waals surface area contributed by atoms with Crippen molar-refractivity contribution in [2.75, 3.05) is 26.2 Å². The summed E-state index contributed by atoms with van der Waals surface area (Å²) in [6, 6.07) is 9.08. The zero-order valence-electron chi connectivity index (χ0n) is 9.35. The molecule has 0 bridgehead atoms. The molecule has 0 saturated carbocycles. The fourth-order valence-corrected chi connectivity index (χ4v) is 1.68. The van der Waals surface area contributed by atoms with Crippen LogP contribution in [0.1, 0.15) is 5.56 Å². The molecule has 5 heteroatoms. The molecule has 1 aromatic carbocycles. The Balaban J connectivity index is 1.86. The summed E-state index contributed by atoms with van der Waals surface area (Å²) in [4.78, 5) is 12.9. The van der Waals surface area contributed by atoms with Gasteiger partial charge in [-0.2, -0.15) is 5.26 Å².